The van der Waals surface area contributed by atoms with Crippen LogP contribution >= 0.6 is 11.3 Å². The molecule has 2 aromatic heterocycles. The molecule has 2 aliphatic heterocycles. The highest BCUT2D eigenvalue weighted by Crippen LogP contribution is 2.44. The number of ether oxygens (including phenoxy) is 1. The van der Waals surface area contributed by atoms with E-state index in [2.05, 4.69) is 9.88 Å². The number of fused-ring (bicyclic) bond motifs is 3. The fourth-order valence-electron chi connectivity index (χ4n) is 5.58. The molecule has 0 radical (unpaired) electrons. The molecule has 206 valence electrons. The summed E-state index contributed by atoms with van der Waals surface area (Å²) < 4.78 is 7.63. The molecule has 0 aliphatic carbocycles. The van der Waals surface area contributed by atoms with E-state index in [0.29, 0.717) is 36.5 Å². The molecule has 1 fully saturated rings. The van der Waals surface area contributed by atoms with E-state index in [1.165, 1.54) is 12.0 Å². The fourth-order valence-corrected chi connectivity index (χ4v) is 6.32. The van der Waals surface area contributed by atoms with Crippen LogP contribution < -0.4 is 10.1 Å². The molecule has 5 rings (SSSR count). The van der Waals surface area contributed by atoms with E-state index in [1.807, 2.05) is 42.6 Å². The Hall–Kier alpha value is -3.63. The zero-order valence-corrected chi connectivity index (χ0v) is 23.6. The predicted octanol–water partition coefficient (Wildman–Crippen LogP) is 3.25. The molecule has 2 N–H and O–H groups in total. The Labute approximate surface area is 232 Å². The number of aromatic nitrogens is 1. The van der Waals surface area contributed by atoms with Crippen molar-refractivity contribution in [2.24, 2.45) is 0 Å². The number of hydrogen-bond donors (Lipinski definition) is 2. The lowest BCUT2D eigenvalue weighted by Gasteiger charge is -2.34. The number of hydrogen-bond acceptors (Lipinski definition) is 6. The Morgan fingerprint density at radius 2 is 1.97 bits per heavy atom. The zero-order chi connectivity index (χ0) is 27.9. The molecular formula is C29H34N4O5S. The summed E-state index contributed by atoms with van der Waals surface area (Å²) in [5.41, 5.74) is 4.02. The van der Waals surface area contributed by atoms with Crippen LogP contribution in [-0.2, 0) is 17.8 Å². The third-order valence-corrected chi connectivity index (χ3v) is 8.77. The lowest BCUT2D eigenvalue weighted by Crippen LogP contribution is -2.48. The van der Waals surface area contributed by atoms with Crippen LogP contribution in [0.3, 0.4) is 0 Å². The van der Waals surface area contributed by atoms with Gasteiger partial charge in [0.2, 0.25) is 5.91 Å². The maximum absolute atomic E-state index is 13.9. The Balaban J connectivity index is 1.62. The highest BCUT2D eigenvalue weighted by molar-refractivity contribution is 7.13. The van der Waals surface area contributed by atoms with Gasteiger partial charge in [-0.25, -0.2) is 0 Å². The number of aryl methyl sites for hydroxylation is 1. The van der Waals surface area contributed by atoms with Crippen LogP contribution in [0.5, 0.6) is 5.75 Å². The van der Waals surface area contributed by atoms with Crippen LogP contribution in [0.1, 0.15) is 46.2 Å². The molecule has 39 heavy (non-hydrogen) atoms. The van der Waals surface area contributed by atoms with Gasteiger partial charge in [-0.15, -0.1) is 11.3 Å². The third kappa shape index (κ3) is 4.72. The van der Waals surface area contributed by atoms with E-state index in [9.17, 15) is 19.5 Å². The van der Waals surface area contributed by atoms with Crippen molar-refractivity contribution in [3.05, 3.63) is 52.5 Å². The number of rotatable bonds is 7. The molecule has 9 nitrogen and oxygen atoms in total. The van der Waals surface area contributed by atoms with Gasteiger partial charge < -0.3 is 29.5 Å². The number of carbonyl (C=O) groups is 3. The smallest absolute Gasteiger partial charge is 0.271 e. The monoisotopic (exact) mass is 550 g/mol. The quantitative estimate of drug-likeness (QED) is 0.470. The van der Waals surface area contributed by atoms with Crippen LogP contribution in [0, 0.1) is 0 Å². The van der Waals surface area contributed by atoms with Gasteiger partial charge in [0.1, 0.15) is 11.4 Å². The SMILES string of the molecule is COc1cc2c(cc1C(=O)NCC(=O)N(C)C)-c1c(-c3cccs3)cc(C(=O)N3CCC[C@]3(C)CO)n1CC2. The molecule has 1 atom stereocenters. The van der Waals surface area contributed by atoms with Crippen LogP contribution in [0.15, 0.2) is 35.7 Å². The van der Waals surface area contributed by atoms with Crippen LogP contribution in [0.25, 0.3) is 21.7 Å². The molecule has 4 heterocycles. The van der Waals surface area contributed by atoms with E-state index < -0.39 is 11.4 Å². The Morgan fingerprint density at radius 3 is 2.64 bits per heavy atom. The topological polar surface area (TPSA) is 104 Å². The first-order valence-electron chi connectivity index (χ1n) is 13.1. The van der Waals surface area contributed by atoms with Gasteiger partial charge in [-0.3, -0.25) is 14.4 Å². The van der Waals surface area contributed by atoms with Gasteiger partial charge in [0, 0.05) is 43.2 Å². The largest absolute Gasteiger partial charge is 0.496 e. The summed E-state index contributed by atoms with van der Waals surface area (Å²) in [7, 11) is 4.80. The molecule has 2 aliphatic rings. The lowest BCUT2D eigenvalue weighted by atomic mass is 9.93. The molecule has 0 saturated carbocycles. The van der Waals surface area contributed by atoms with E-state index in [0.717, 1.165) is 40.1 Å². The normalized spacial score (nSPS) is 17.9. The minimum atomic E-state index is -0.583. The number of methoxy groups -OCH3 is 1. The van der Waals surface area contributed by atoms with Gasteiger partial charge >= 0.3 is 0 Å². The van der Waals surface area contributed by atoms with Crippen molar-refractivity contribution in [2.75, 3.05) is 40.9 Å². The number of likely N-dealkylation sites (tertiary alicyclic amines) is 1. The molecule has 0 unspecified atom stereocenters. The van der Waals surface area contributed by atoms with Gasteiger partial charge in [0.05, 0.1) is 37.1 Å². The summed E-state index contributed by atoms with van der Waals surface area (Å²) in [6.07, 6.45) is 2.28. The standard InChI is InChI=1S/C29H34N4O5S/c1-29(17-34)9-6-10-33(29)28(37)22-15-21(24-7-5-12-39-24)26-19-14-20(27(36)30-16-25(35)31(2)3)23(38-4)13-18(19)8-11-32(22)26/h5,7,12-15,34H,6,8-11,16-17H2,1-4H3,(H,30,36)/t29-/m1/s1. The molecular weight excluding hydrogens is 516 g/mol. The summed E-state index contributed by atoms with van der Waals surface area (Å²) in [4.78, 5) is 43.5. The van der Waals surface area contributed by atoms with E-state index in [-0.39, 0.29) is 25.0 Å². The first kappa shape index (κ1) is 27.0. The maximum atomic E-state index is 13.9. The second-order valence-electron chi connectivity index (χ2n) is 10.6. The molecule has 1 saturated heterocycles. The van der Waals surface area contributed by atoms with Crippen LogP contribution in [-0.4, -0.2) is 83.6 Å². The fraction of sp³-hybridized carbons (Fsp3) is 0.414. The molecule has 3 aromatic rings. The number of nitrogens with zero attached hydrogens (tertiary/aromatic N) is 3. The Kier molecular flexibility index (Phi) is 7.26. The second kappa shape index (κ2) is 10.5. The Morgan fingerprint density at radius 1 is 1.18 bits per heavy atom. The van der Waals surface area contributed by atoms with Crippen molar-refractivity contribution in [3.63, 3.8) is 0 Å². The van der Waals surface area contributed by atoms with Gasteiger partial charge in [-0.1, -0.05) is 6.07 Å². The summed E-state index contributed by atoms with van der Waals surface area (Å²) >= 11 is 1.59. The number of aliphatic hydroxyl groups is 1. The minimum Gasteiger partial charge on any atom is -0.496 e. The summed E-state index contributed by atoms with van der Waals surface area (Å²) in [6.45, 7) is 2.94. The van der Waals surface area contributed by atoms with E-state index in [4.69, 9.17) is 4.74 Å². The molecule has 0 bridgehead atoms. The summed E-state index contributed by atoms with van der Waals surface area (Å²) in [6, 6.07) is 9.66. The maximum Gasteiger partial charge on any atom is 0.271 e. The Bertz CT molecular complexity index is 1430. The average molecular weight is 551 g/mol. The third-order valence-electron chi connectivity index (χ3n) is 7.87. The van der Waals surface area contributed by atoms with Crippen molar-refractivity contribution in [1.82, 2.24) is 19.7 Å². The second-order valence-corrected chi connectivity index (χ2v) is 11.5. The number of thiophene rings is 1. The zero-order valence-electron chi connectivity index (χ0n) is 22.7. The molecule has 10 heteroatoms. The van der Waals surface area contributed by atoms with Crippen LogP contribution in [0.4, 0.5) is 0 Å². The highest BCUT2D eigenvalue weighted by Gasteiger charge is 2.41. The molecule has 3 amide bonds. The highest BCUT2D eigenvalue weighted by atomic mass is 32.1. The number of nitrogens with one attached hydrogen (secondary N) is 1. The molecule has 0 spiro atoms. The number of aliphatic hydroxyl groups excluding tert-OH is 1. The van der Waals surface area contributed by atoms with Gasteiger partial charge in [-0.05, 0) is 61.4 Å². The first-order valence-corrected chi connectivity index (χ1v) is 14.0. The van der Waals surface area contributed by atoms with Crippen molar-refractivity contribution in [2.45, 2.75) is 38.3 Å². The van der Waals surface area contributed by atoms with E-state index >= 15 is 0 Å². The number of amides is 3. The number of likely N-dealkylation sites (N-methyl/N-ethyl adjacent to an activating group) is 1. The van der Waals surface area contributed by atoms with Crippen molar-refractivity contribution < 1.29 is 24.2 Å². The first-order chi connectivity index (χ1) is 18.7. The van der Waals surface area contributed by atoms with Gasteiger partial charge in [0.15, 0.2) is 0 Å². The van der Waals surface area contributed by atoms with Gasteiger partial charge in [0.25, 0.3) is 11.8 Å². The number of carbonyl (C=O) groups excluding carboxylic acids is 3. The van der Waals surface area contributed by atoms with Gasteiger partial charge in [-0.2, -0.15) is 0 Å². The van der Waals surface area contributed by atoms with Crippen molar-refractivity contribution >= 4 is 29.1 Å². The lowest BCUT2D eigenvalue weighted by molar-refractivity contribution is -0.127. The van der Waals surface area contributed by atoms with Crippen molar-refractivity contribution in [3.8, 4) is 27.4 Å². The number of benzene rings is 1. The minimum absolute atomic E-state index is 0.0818. The molecule has 1 aromatic carbocycles. The predicted molar refractivity (Wildman–Crippen MR) is 150 cm³/mol. The summed E-state index contributed by atoms with van der Waals surface area (Å²) in [5.74, 6) is -0.272. The van der Waals surface area contributed by atoms with E-state index in [1.54, 1.807) is 30.3 Å². The van der Waals surface area contributed by atoms with Crippen molar-refractivity contribution in [1.29, 1.82) is 0 Å². The average Bonchev–Trinajstić information content (AvgIpc) is 3.69. The van der Waals surface area contributed by atoms with Crippen LogP contribution in [0.2, 0.25) is 0 Å². The summed E-state index contributed by atoms with van der Waals surface area (Å²) in [5, 5.41) is 14.8.